The Morgan fingerprint density at radius 3 is 2.50 bits per heavy atom. The van der Waals surface area contributed by atoms with E-state index in [0.29, 0.717) is 4.68 Å². The Kier molecular flexibility index (Phi) is 4.11. The Morgan fingerprint density at radius 1 is 1.32 bits per heavy atom. The van der Waals surface area contributed by atoms with Crippen LogP contribution in [-0.2, 0) is 6.54 Å². The standard InChI is InChI=1S/C12H9F3N4O3/c13-12(14,15)7-18-6-9(5-16-18)17-11(20)8-1-3-10(4-2-8)19(21)22/h1-6H,7H2,(H,17,20). The number of hydrogen-bond donors (Lipinski definition) is 1. The highest BCUT2D eigenvalue weighted by molar-refractivity contribution is 6.04. The largest absolute Gasteiger partial charge is 0.408 e. The van der Waals surface area contributed by atoms with E-state index in [9.17, 15) is 28.1 Å². The van der Waals surface area contributed by atoms with Gasteiger partial charge in [-0.2, -0.15) is 18.3 Å². The highest BCUT2D eigenvalue weighted by Gasteiger charge is 2.28. The van der Waals surface area contributed by atoms with Crippen molar-refractivity contribution < 1.29 is 22.9 Å². The van der Waals surface area contributed by atoms with Gasteiger partial charge in [0.15, 0.2) is 0 Å². The molecule has 0 saturated heterocycles. The van der Waals surface area contributed by atoms with Crippen LogP contribution in [-0.4, -0.2) is 26.8 Å². The predicted molar refractivity (Wildman–Crippen MR) is 69.3 cm³/mol. The van der Waals surface area contributed by atoms with E-state index in [-0.39, 0.29) is 16.9 Å². The number of hydrogen-bond acceptors (Lipinski definition) is 4. The Labute approximate surface area is 121 Å². The highest BCUT2D eigenvalue weighted by atomic mass is 19.4. The zero-order chi connectivity index (χ0) is 16.3. The summed E-state index contributed by atoms with van der Waals surface area (Å²) in [5.74, 6) is -0.610. The molecule has 22 heavy (non-hydrogen) atoms. The predicted octanol–water partition coefficient (Wildman–Crippen LogP) is 2.61. The van der Waals surface area contributed by atoms with E-state index in [4.69, 9.17) is 0 Å². The topological polar surface area (TPSA) is 90.1 Å². The summed E-state index contributed by atoms with van der Waals surface area (Å²) in [5.41, 5.74) is 0.0521. The minimum Gasteiger partial charge on any atom is -0.319 e. The van der Waals surface area contributed by atoms with Crippen LogP contribution in [0.5, 0.6) is 0 Å². The number of nitrogens with one attached hydrogen (secondary N) is 1. The van der Waals surface area contributed by atoms with Crippen LogP contribution in [0.15, 0.2) is 36.7 Å². The SMILES string of the molecule is O=C(Nc1cnn(CC(F)(F)F)c1)c1ccc([N+](=O)[O-])cc1. The smallest absolute Gasteiger partial charge is 0.319 e. The molecule has 0 atom stereocenters. The van der Waals surface area contributed by atoms with E-state index in [1.807, 2.05) is 0 Å². The molecule has 0 spiro atoms. The normalized spacial score (nSPS) is 11.2. The first-order valence-electron chi connectivity index (χ1n) is 5.89. The first-order chi connectivity index (χ1) is 10.2. The molecule has 1 amide bonds. The van der Waals surface area contributed by atoms with Gasteiger partial charge in [0, 0.05) is 23.9 Å². The fourth-order valence-electron chi connectivity index (χ4n) is 1.64. The van der Waals surface area contributed by atoms with Crippen LogP contribution in [0.4, 0.5) is 24.5 Å². The van der Waals surface area contributed by atoms with Gasteiger partial charge in [0.25, 0.3) is 11.6 Å². The zero-order valence-corrected chi connectivity index (χ0v) is 10.9. The molecule has 0 fully saturated rings. The number of nitro groups is 1. The molecule has 1 aromatic carbocycles. The van der Waals surface area contributed by atoms with Crippen molar-refractivity contribution in [3.05, 3.63) is 52.3 Å². The van der Waals surface area contributed by atoms with Crippen molar-refractivity contribution in [3.8, 4) is 0 Å². The van der Waals surface area contributed by atoms with Crippen LogP contribution in [0.2, 0.25) is 0 Å². The van der Waals surface area contributed by atoms with E-state index in [1.54, 1.807) is 0 Å². The minimum atomic E-state index is -4.41. The van der Waals surface area contributed by atoms with Crippen LogP contribution < -0.4 is 5.32 Å². The van der Waals surface area contributed by atoms with Gasteiger partial charge in [0.1, 0.15) is 6.54 Å². The maximum absolute atomic E-state index is 12.2. The summed E-state index contributed by atoms with van der Waals surface area (Å²) in [5, 5.41) is 16.3. The fraction of sp³-hybridized carbons (Fsp3) is 0.167. The number of alkyl halides is 3. The molecule has 1 aromatic heterocycles. The molecule has 2 rings (SSSR count). The average Bonchev–Trinajstić information content (AvgIpc) is 2.83. The minimum absolute atomic E-state index is 0.0904. The van der Waals surface area contributed by atoms with Gasteiger partial charge in [0.05, 0.1) is 16.8 Å². The van der Waals surface area contributed by atoms with E-state index < -0.39 is 23.6 Å². The maximum atomic E-state index is 12.2. The number of carbonyl (C=O) groups excluding carboxylic acids is 1. The number of nitro benzene ring substituents is 1. The summed E-state index contributed by atoms with van der Waals surface area (Å²) in [6.45, 7) is -1.26. The number of halogens is 3. The van der Waals surface area contributed by atoms with Gasteiger partial charge in [-0.1, -0.05) is 0 Å². The van der Waals surface area contributed by atoms with E-state index in [0.717, 1.165) is 24.5 Å². The van der Waals surface area contributed by atoms with Gasteiger partial charge in [-0.05, 0) is 12.1 Å². The number of aromatic nitrogens is 2. The number of carbonyl (C=O) groups is 1. The Hall–Kier alpha value is -2.91. The molecule has 0 saturated carbocycles. The number of anilines is 1. The van der Waals surface area contributed by atoms with Crippen molar-refractivity contribution in [1.82, 2.24) is 9.78 Å². The van der Waals surface area contributed by atoms with Gasteiger partial charge >= 0.3 is 6.18 Å². The number of rotatable bonds is 4. The summed E-state index contributed by atoms with van der Waals surface area (Å²) in [4.78, 5) is 21.7. The van der Waals surface area contributed by atoms with Crippen molar-refractivity contribution in [2.45, 2.75) is 12.7 Å². The van der Waals surface area contributed by atoms with E-state index >= 15 is 0 Å². The first kappa shape index (κ1) is 15.5. The monoisotopic (exact) mass is 314 g/mol. The second-order valence-corrected chi connectivity index (χ2v) is 4.30. The van der Waals surface area contributed by atoms with Crippen LogP contribution in [0.25, 0.3) is 0 Å². The van der Waals surface area contributed by atoms with E-state index in [1.165, 1.54) is 12.1 Å². The summed E-state index contributed by atoms with van der Waals surface area (Å²) < 4.78 is 37.2. The zero-order valence-electron chi connectivity index (χ0n) is 10.9. The number of amides is 1. The lowest BCUT2D eigenvalue weighted by molar-refractivity contribution is -0.384. The summed E-state index contributed by atoms with van der Waals surface area (Å²) in [7, 11) is 0. The second-order valence-electron chi connectivity index (χ2n) is 4.30. The lowest BCUT2D eigenvalue weighted by Crippen LogP contribution is -2.18. The van der Waals surface area contributed by atoms with Crippen molar-refractivity contribution in [2.24, 2.45) is 0 Å². The van der Waals surface area contributed by atoms with Gasteiger partial charge in [-0.15, -0.1) is 0 Å². The van der Waals surface area contributed by atoms with Gasteiger partial charge in [-0.3, -0.25) is 19.6 Å². The Morgan fingerprint density at radius 2 is 1.95 bits per heavy atom. The number of non-ortho nitro benzene ring substituents is 1. The third-order valence-electron chi connectivity index (χ3n) is 2.57. The molecule has 0 radical (unpaired) electrons. The Balaban J connectivity index is 2.04. The summed E-state index contributed by atoms with van der Waals surface area (Å²) >= 11 is 0. The molecule has 0 aliphatic heterocycles. The molecule has 1 heterocycles. The van der Waals surface area contributed by atoms with Crippen molar-refractivity contribution in [2.75, 3.05) is 5.32 Å². The molecule has 0 aliphatic carbocycles. The van der Waals surface area contributed by atoms with Crippen LogP contribution >= 0.6 is 0 Å². The third kappa shape index (κ3) is 4.04. The van der Waals surface area contributed by atoms with Crippen molar-refractivity contribution >= 4 is 17.3 Å². The molecular formula is C12H9F3N4O3. The molecule has 10 heteroatoms. The van der Waals surface area contributed by atoms with Gasteiger partial charge in [0.2, 0.25) is 0 Å². The molecule has 1 N–H and O–H groups in total. The lowest BCUT2D eigenvalue weighted by atomic mass is 10.2. The van der Waals surface area contributed by atoms with Crippen LogP contribution in [0.1, 0.15) is 10.4 Å². The first-order valence-corrected chi connectivity index (χ1v) is 5.89. The van der Waals surface area contributed by atoms with Crippen LogP contribution in [0, 0.1) is 10.1 Å². The van der Waals surface area contributed by atoms with Crippen molar-refractivity contribution in [1.29, 1.82) is 0 Å². The quantitative estimate of drug-likeness (QED) is 0.694. The average molecular weight is 314 g/mol. The third-order valence-corrected chi connectivity index (χ3v) is 2.57. The molecule has 0 bridgehead atoms. The molecular weight excluding hydrogens is 305 g/mol. The van der Waals surface area contributed by atoms with E-state index in [2.05, 4.69) is 10.4 Å². The molecule has 7 nitrogen and oxygen atoms in total. The highest BCUT2D eigenvalue weighted by Crippen LogP contribution is 2.18. The fourth-order valence-corrected chi connectivity index (χ4v) is 1.64. The molecule has 0 aliphatic rings. The second kappa shape index (κ2) is 5.84. The maximum Gasteiger partial charge on any atom is 0.408 e. The molecule has 0 unspecified atom stereocenters. The van der Waals surface area contributed by atoms with Crippen molar-refractivity contribution in [3.63, 3.8) is 0 Å². The summed E-state index contributed by atoms with van der Waals surface area (Å²) in [6, 6.07) is 4.80. The molecule has 116 valence electrons. The molecule has 2 aromatic rings. The van der Waals surface area contributed by atoms with Gasteiger partial charge in [-0.25, -0.2) is 0 Å². The number of nitrogens with zero attached hydrogens (tertiary/aromatic N) is 3. The van der Waals surface area contributed by atoms with Crippen LogP contribution in [0.3, 0.4) is 0 Å². The van der Waals surface area contributed by atoms with Gasteiger partial charge < -0.3 is 5.32 Å². The lowest BCUT2D eigenvalue weighted by Gasteiger charge is -2.05. The summed E-state index contributed by atoms with van der Waals surface area (Å²) in [6.07, 6.45) is -2.29. The Bertz CT molecular complexity index is 694. The number of benzene rings is 1.